The first kappa shape index (κ1) is 19.2. The number of carbonyl (C=O) groups excluding carboxylic acids is 2. The lowest BCUT2D eigenvalue weighted by molar-refractivity contribution is -0.155. The smallest absolute Gasteiger partial charge is 0.337 e. The van der Waals surface area contributed by atoms with Gasteiger partial charge in [-0.05, 0) is 11.0 Å². The van der Waals surface area contributed by atoms with Crippen LogP contribution in [0.4, 0.5) is 0 Å². The van der Waals surface area contributed by atoms with Crippen LogP contribution < -0.4 is 5.32 Å². The predicted octanol–water partition coefficient (Wildman–Crippen LogP) is 2.28. The number of benzene rings is 1. The van der Waals surface area contributed by atoms with Gasteiger partial charge in [-0.1, -0.05) is 65.0 Å². The second-order valence-corrected chi connectivity index (χ2v) is 7.19. The zero-order chi connectivity index (χ0) is 17.7. The fourth-order valence-corrected chi connectivity index (χ4v) is 1.66. The Morgan fingerprint density at radius 1 is 1.13 bits per heavy atom. The van der Waals surface area contributed by atoms with Gasteiger partial charge in [-0.25, -0.2) is 4.79 Å². The summed E-state index contributed by atoms with van der Waals surface area (Å²) >= 11 is 0. The van der Waals surface area contributed by atoms with Gasteiger partial charge in [-0.15, -0.1) is 0 Å². The van der Waals surface area contributed by atoms with E-state index in [0.717, 1.165) is 5.56 Å². The Morgan fingerprint density at radius 2 is 1.70 bits per heavy atom. The van der Waals surface area contributed by atoms with Gasteiger partial charge in [0.05, 0.1) is 6.54 Å². The molecule has 0 bridgehead atoms. The highest BCUT2D eigenvalue weighted by Crippen LogP contribution is 2.37. The largest absolute Gasteiger partial charge is 0.459 e. The summed E-state index contributed by atoms with van der Waals surface area (Å²) in [7, 11) is 0. The highest BCUT2D eigenvalue weighted by atomic mass is 16.5. The lowest BCUT2D eigenvalue weighted by Crippen LogP contribution is -2.48. The Bertz CT molecular complexity index is 532. The van der Waals surface area contributed by atoms with Crippen molar-refractivity contribution in [3.05, 3.63) is 35.9 Å². The van der Waals surface area contributed by atoms with Crippen LogP contribution in [-0.4, -0.2) is 29.6 Å². The number of amides is 1. The maximum atomic E-state index is 12.2. The third-order valence-electron chi connectivity index (χ3n) is 4.39. The van der Waals surface area contributed by atoms with Crippen LogP contribution in [0.15, 0.2) is 30.3 Å². The van der Waals surface area contributed by atoms with E-state index in [4.69, 9.17) is 4.74 Å². The molecule has 5 heteroatoms. The highest BCUT2D eigenvalue weighted by Gasteiger charge is 2.39. The van der Waals surface area contributed by atoms with Gasteiger partial charge in [0.15, 0.2) is 6.10 Å². The SMILES string of the molecule is CC(C)(C)C(C)(C)C(=O)NCC(O)C(=O)OCc1ccccc1. The van der Waals surface area contributed by atoms with E-state index >= 15 is 0 Å². The number of aliphatic hydroxyl groups excluding tert-OH is 1. The van der Waals surface area contributed by atoms with E-state index in [9.17, 15) is 14.7 Å². The Balaban J connectivity index is 2.45. The molecule has 0 radical (unpaired) electrons. The van der Waals surface area contributed by atoms with Crippen molar-refractivity contribution in [2.45, 2.75) is 47.3 Å². The van der Waals surface area contributed by atoms with Crippen molar-refractivity contribution < 1.29 is 19.4 Å². The van der Waals surface area contributed by atoms with Crippen molar-refractivity contribution in [3.8, 4) is 0 Å². The second-order valence-electron chi connectivity index (χ2n) is 7.19. The molecule has 1 unspecified atom stereocenters. The van der Waals surface area contributed by atoms with Gasteiger partial charge in [-0.2, -0.15) is 0 Å². The zero-order valence-electron chi connectivity index (χ0n) is 14.6. The highest BCUT2D eigenvalue weighted by molar-refractivity contribution is 5.83. The fourth-order valence-electron chi connectivity index (χ4n) is 1.66. The molecule has 0 saturated heterocycles. The summed E-state index contributed by atoms with van der Waals surface area (Å²) in [5, 5.41) is 12.4. The van der Waals surface area contributed by atoms with Gasteiger partial charge in [0.1, 0.15) is 6.61 Å². The van der Waals surface area contributed by atoms with Crippen LogP contribution in [0.25, 0.3) is 0 Å². The van der Waals surface area contributed by atoms with Crippen LogP contribution in [0, 0.1) is 10.8 Å². The molecule has 0 aromatic heterocycles. The zero-order valence-corrected chi connectivity index (χ0v) is 14.6. The van der Waals surface area contributed by atoms with Gasteiger partial charge in [0, 0.05) is 5.41 Å². The van der Waals surface area contributed by atoms with Crippen molar-refractivity contribution in [1.82, 2.24) is 5.32 Å². The number of ether oxygens (including phenoxy) is 1. The first-order valence-corrected chi connectivity index (χ1v) is 7.72. The summed E-state index contributed by atoms with van der Waals surface area (Å²) in [6.07, 6.45) is -1.38. The molecule has 0 heterocycles. The van der Waals surface area contributed by atoms with Gasteiger partial charge in [-0.3, -0.25) is 4.79 Å². The summed E-state index contributed by atoms with van der Waals surface area (Å²) < 4.78 is 5.03. The van der Waals surface area contributed by atoms with Crippen molar-refractivity contribution in [2.24, 2.45) is 10.8 Å². The maximum Gasteiger partial charge on any atom is 0.337 e. The van der Waals surface area contributed by atoms with E-state index in [1.54, 1.807) is 0 Å². The lowest BCUT2D eigenvalue weighted by atomic mass is 9.69. The minimum Gasteiger partial charge on any atom is -0.459 e. The minimum absolute atomic E-state index is 0.0954. The molecule has 0 spiro atoms. The molecule has 0 fully saturated rings. The number of aliphatic hydroxyl groups is 1. The summed E-state index contributed by atoms with van der Waals surface area (Å²) in [6.45, 7) is 9.51. The van der Waals surface area contributed by atoms with Crippen LogP contribution >= 0.6 is 0 Å². The number of carbonyl (C=O) groups is 2. The molecule has 5 nitrogen and oxygen atoms in total. The Kier molecular flexibility index (Phi) is 6.33. The lowest BCUT2D eigenvalue weighted by Gasteiger charge is -2.37. The molecule has 1 atom stereocenters. The molecule has 23 heavy (non-hydrogen) atoms. The van der Waals surface area contributed by atoms with E-state index in [1.807, 2.05) is 65.0 Å². The van der Waals surface area contributed by atoms with Gasteiger partial charge >= 0.3 is 5.97 Å². The number of nitrogens with one attached hydrogen (secondary N) is 1. The molecule has 1 aromatic carbocycles. The molecule has 1 amide bonds. The summed E-state index contributed by atoms with van der Waals surface area (Å²) in [5.41, 5.74) is -0.0257. The monoisotopic (exact) mass is 321 g/mol. The first-order chi connectivity index (χ1) is 10.6. The van der Waals surface area contributed by atoms with Crippen LogP contribution in [-0.2, 0) is 20.9 Å². The van der Waals surface area contributed by atoms with Crippen LogP contribution in [0.1, 0.15) is 40.2 Å². The average molecular weight is 321 g/mol. The molecule has 0 aliphatic heterocycles. The number of hydrogen-bond acceptors (Lipinski definition) is 4. The average Bonchev–Trinajstić information content (AvgIpc) is 2.49. The molecule has 2 N–H and O–H groups in total. The molecule has 0 aliphatic carbocycles. The van der Waals surface area contributed by atoms with E-state index in [0.29, 0.717) is 0 Å². The van der Waals surface area contributed by atoms with Gasteiger partial charge in [0.25, 0.3) is 0 Å². The normalized spacial score (nSPS) is 13.3. The summed E-state index contributed by atoms with van der Waals surface area (Å²) in [5.74, 6) is -0.956. The van der Waals surface area contributed by atoms with Crippen LogP contribution in [0.5, 0.6) is 0 Å². The molecule has 1 aromatic rings. The van der Waals surface area contributed by atoms with E-state index in [2.05, 4.69) is 5.32 Å². The molecule has 0 aliphatic rings. The fraction of sp³-hybridized carbons (Fsp3) is 0.556. The molecular formula is C18H27NO4. The third kappa shape index (κ3) is 5.36. The maximum absolute atomic E-state index is 12.2. The topological polar surface area (TPSA) is 75.6 Å². The van der Waals surface area contributed by atoms with Crippen LogP contribution in [0.3, 0.4) is 0 Å². The summed E-state index contributed by atoms with van der Waals surface area (Å²) in [6, 6.07) is 9.20. The van der Waals surface area contributed by atoms with Crippen LogP contribution in [0.2, 0.25) is 0 Å². The third-order valence-corrected chi connectivity index (χ3v) is 4.39. The number of esters is 1. The molecular weight excluding hydrogens is 294 g/mol. The molecule has 0 saturated carbocycles. The predicted molar refractivity (Wildman–Crippen MR) is 88.5 cm³/mol. The van der Waals surface area contributed by atoms with Gasteiger partial charge in [0.2, 0.25) is 5.91 Å². The van der Waals surface area contributed by atoms with Gasteiger partial charge < -0.3 is 15.2 Å². The standard InChI is InChI=1S/C18H27NO4/c1-17(2,3)18(4,5)16(22)19-11-14(20)15(21)23-12-13-9-7-6-8-10-13/h6-10,14,20H,11-12H2,1-5H3,(H,19,22). The van der Waals surface area contributed by atoms with Crippen molar-refractivity contribution >= 4 is 11.9 Å². The Morgan fingerprint density at radius 3 is 2.22 bits per heavy atom. The van der Waals surface area contributed by atoms with E-state index in [-0.39, 0.29) is 24.5 Å². The van der Waals surface area contributed by atoms with E-state index < -0.39 is 17.5 Å². The quantitative estimate of drug-likeness (QED) is 0.788. The van der Waals surface area contributed by atoms with E-state index in [1.165, 1.54) is 0 Å². The molecule has 128 valence electrons. The Labute approximate surface area is 138 Å². The van der Waals surface area contributed by atoms with Crippen molar-refractivity contribution in [1.29, 1.82) is 0 Å². The number of hydrogen-bond donors (Lipinski definition) is 2. The first-order valence-electron chi connectivity index (χ1n) is 7.72. The summed E-state index contributed by atoms with van der Waals surface area (Å²) in [4.78, 5) is 24.0. The van der Waals surface area contributed by atoms with Crippen molar-refractivity contribution in [3.63, 3.8) is 0 Å². The Hall–Kier alpha value is -1.88. The number of rotatable bonds is 6. The minimum atomic E-state index is -1.38. The van der Waals surface area contributed by atoms with Crippen molar-refractivity contribution in [2.75, 3.05) is 6.54 Å². The second kappa shape index (κ2) is 7.59. The molecule has 1 rings (SSSR count).